The van der Waals surface area contributed by atoms with Crippen molar-refractivity contribution in [3.05, 3.63) is 71.2 Å². The maximum Gasteiger partial charge on any atom is 0.294 e. The molecule has 0 aliphatic rings. The van der Waals surface area contributed by atoms with Gasteiger partial charge in [-0.1, -0.05) is 35.9 Å². The van der Waals surface area contributed by atoms with Crippen LogP contribution >= 0.6 is 11.6 Å². The van der Waals surface area contributed by atoms with Gasteiger partial charge in [-0.05, 0) is 59.7 Å². The molecule has 6 nitrogen and oxygen atoms in total. The van der Waals surface area contributed by atoms with E-state index in [0.29, 0.717) is 23.5 Å². The van der Waals surface area contributed by atoms with Gasteiger partial charge in [0.1, 0.15) is 0 Å². The fourth-order valence-electron chi connectivity index (χ4n) is 2.98. The number of fused-ring (bicyclic) bond motifs is 1. The Hall–Kier alpha value is -2.16. The number of halogens is 1. The monoisotopic (exact) mass is 434 g/mol. The van der Waals surface area contributed by atoms with Crippen LogP contribution in [0.15, 0.2) is 65.6 Å². The number of nitrogens with one attached hydrogen (secondary N) is 2. The van der Waals surface area contributed by atoms with E-state index in [-0.39, 0.29) is 10.9 Å². The zero-order valence-electron chi connectivity index (χ0n) is 15.8. The largest absolute Gasteiger partial charge is 0.387 e. The minimum atomic E-state index is -4.24. The van der Waals surface area contributed by atoms with Gasteiger partial charge in [-0.15, -0.1) is 0 Å². The smallest absolute Gasteiger partial charge is 0.294 e. The van der Waals surface area contributed by atoms with E-state index in [4.69, 9.17) is 11.6 Å². The first-order chi connectivity index (χ1) is 13.7. The summed E-state index contributed by atoms with van der Waals surface area (Å²) in [7, 11) is -4.24. The van der Waals surface area contributed by atoms with Gasteiger partial charge in [0.2, 0.25) is 0 Å². The highest BCUT2D eigenvalue weighted by Crippen LogP contribution is 2.23. The summed E-state index contributed by atoms with van der Waals surface area (Å²) in [6.45, 7) is 2.99. The van der Waals surface area contributed by atoms with Gasteiger partial charge in [-0.2, -0.15) is 8.42 Å². The Bertz CT molecular complexity index is 1100. The van der Waals surface area contributed by atoms with Crippen molar-refractivity contribution in [3.63, 3.8) is 0 Å². The zero-order valence-corrected chi connectivity index (χ0v) is 17.4. The molecule has 0 spiro atoms. The van der Waals surface area contributed by atoms with E-state index in [1.165, 1.54) is 12.1 Å². The van der Waals surface area contributed by atoms with Crippen molar-refractivity contribution in [1.29, 1.82) is 0 Å². The van der Waals surface area contributed by atoms with Crippen LogP contribution in [-0.4, -0.2) is 37.2 Å². The summed E-state index contributed by atoms with van der Waals surface area (Å²) in [6, 6.07) is 17.3. The highest BCUT2D eigenvalue weighted by molar-refractivity contribution is 7.85. The van der Waals surface area contributed by atoms with Crippen LogP contribution in [0.5, 0.6) is 0 Å². The van der Waals surface area contributed by atoms with E-state index in [9.17, 15) is 18.1 Å². The van der Waals surface area contributed by atoms with Crippen molar-refractivity contribution in [2.45, 2.75) is 24.0 Å². The zero-order chi connectivity index (χ0) is 21.0. The Labute approximate surface area is 175 Å². The lowest BCUT2D eigenvalue weighted by Gasteiger charge is -2.19. The number of aliphatic hydroxyl groups excluding tert-OH is 1. The Morgan fingerprint density at radius 3 is 2.48 bits per heavy atom. The normalized spacial score (nSPS) is 13.9. The van der Waals surface area contributed by atoms with Crippen LogP contribution in [0.1, 0.15) is 18.6 Å². The summed E-state index contributed by atoms with van der Waals surface area (Å²) in [5.74, 6) is 0. The van der Waals surface area contributed by atoms with Gasteiger partial charge in [-0.25, -0.2) is 0 Å². The third kappa shape index (κ3) is 5.91. The molecule has 3 aromatic rings. The molecule has 0 aromatic heterocycles. The molecule has 0 radical (unpaired) electrons. The highest BCUT2D eigenvalue weighted by Gasteiger charge is 2.11. The van der Waals surface area contributed by atoms with Crippen LogP contribution in [-0.2, 0) is 10.1 Å². The van der Waals surface area contributed by atoms with Crippen molar-refractivity contribution in [1.82, 2.24) is 5.32 Å². The van der Waals surface area contributed by atoms with Crippen molar-refractivity contribution in [3.8, 4) is 0 Å². The molecule has 8 heteroatoms. The molecule has 0 aliphatic heterocycles. The molecule has 0 bridgehead atoms. The van der Waals surface area contributed by atoms with Crippen LogP contribution in [0.2, 0.25) is 5.02 Å². The van der Waals surface area contributed by atoms with E-state index in [1.807, 2.05) is 31.2 Å². The number of benzene rings is 3. The fourth-order valence-corrected chi connectivity index (χ4v) is 3.70. The summed E-state index contributed by atoms with van der Waals surface area (Å²) < 4.78 is 31.9. The first-order valence-electron chi connectivity index (χ1n) is 9.14. The van der Waals surface area contributed by atoms with Crippen LogP contribution in [0, 0.1) is 0 Å². The maximum absolute atomic E-state index is 11.3. The number of hydrogen-bond acceptors (Lipinski definition) is 5. The summed E-state index contributed by atoms with van der Waals surface area (Å²) in [5, 5.41) is 19.0. The van der Waals surface area contributed by atoms with Gasteiger partial charge in [-0.3, -0.25) is 4.55 Å². The molecule has 0 aliphatic carbocycles. The van der Waals surface area contributed by atoms with Gasteiger partial charge in [0.15, 0.2) is 0 Å². The van der Waals surface area contributed by atoms with Crippen LogP contribution < -0.4 is 10.6 Å². The lowest BCUT2D eigenvalue weighted by Crippen LogP contribution is -2.35. The van der Waals surface area contributed by atoms with Crippen LogP contribution in [0.25, 0.3) is 10.8 Å². The first kappa shape index (κ1) is 21.5. The van der Waals surface area contributed by atoms with Crippen molar-refractivity contribution in [2.24, 2.45) is 0 Å². The average molecular weight is 435 g/mol. The summed E-state index contributed by atoms with van der Waals surface area (Å²) in [6.07, 6.45) is -0.657. The Kier molecular flexibility index (Phi) is 6.77. The SMILES string of the molecule is C[C@H](CNc1ccc2ccc(S(=O)(=O)O)cc2c1)NC[C@H](O)c1cccc(Cl)c1. The molecule has 0 saturated heterocycles. The van der Waals surface area contributed by atoms with E-state index in [1.54, 1.807) is 24.3 Å². The number of rotatable bonds is 8. The molecule has 154 valence electrons. The molecular weight excluding hydrogens is 412 g/mol. The Morgan fingerprint density at radius 2 is 1.76 bits per heavy atom. The van der Waals surface area contributed by atoms with Gasteiger partial charge in [0, 0.05) is 29.8 Å². The standard InChI is InChI=1S/C21H23ClN2O4S/c1-14(23-13-21(25)16-3-2-4-18(22)9-16)12-24-19-7-5-15-6-8-20(29(26,27)28)11-17(15)10-19/h2-11,14,21,23-25H,12-13H2,1H3,(H,26,27,28)/t14-,21+/m1/s1. The highest BCUT2D eigenvalue weighted by atomic mass is 35.5. The summed E-state index contributed by atoms with van der Waals surface area (Å²) in [4.78, 5) is -0.132. The van der Waals surface area contributed by atoms with Crippen LogP contribution in [0.4, 0.5) is 5.69 Å². The van der Waals surface area contributed by atoms with Crippen molar-refractivity contribution in [2.75, 3.05) is 18.4 Å². The van der Waals surface area contributed by atoms with Gasteiger partial charge in [0.05, 0.1) is 11.0 Å². The number of aliphatic hydroxyl groups is 1. The lowest BCUT2D eigenvalue weighted by molar-refractivity contribution is 0.171. The predicted octanol–water partition coefficient (Wildman–Crippen LogP) is 3.86. The van der Waals surface area contributed by atoms with Crippen molar-refractivity contribution < 1.29 is 18.1 Å². The molecule has 0 amide bonds. The third-order valence-corrected chi connectivity index (χ3v) is 5.70. The lowest BCUT2D eigenvalue weighted by atomic mass is 10.1. The molecule has 0 heterocycles. The number of anilines is 1. The fraction of sp³-hybridized carbons (Fsp3) is 0.238. The quantitative estimate of drug-likeness (QED) is 0.402. The minimum Gasteiger partial charge on any atom is -0.387 e. The molecule has 4 N–H and O–H groups in total. The second-order valence-corrected chi connectivity index (χ2v) is 8.82. The first-order valence-corrected chi connectivity index (χ1v) is 11.0. The molecular formula is C21H23ClN2O4S. The second kappa shape index (κ2) is 9.11. The minimum absolute atomic E-state index is 0.0729. The molecule has 0 saturated carbocycles. The summed E-state index contributed by atoms with van der Waals surface area (Å²) >= 11 is 5.96. The molecule has 29 heavy (non-hydrogen) atoms. The Morgan fingerprint density at radius 1 is 1.00 bits per heavy atom. The van der Waals surface area contributed by atoms with Crippen molar-refractivity contribution >= 4 is 38.2 Å². The predicted molar refractivity (Wildman–Crippen MR) is 116 cm³/mol. The second-order valence-electron chi connectivity index (χ2n) is 6.96. The van der Waals surface area contributed by atoms with Gasteiger partial charge in [0.25, 0.3) is 10.1 Å². The maximum atomic E-state index is 11.3. The Balaban J connectivity index is 1.58. The van der Waals surface area contributed by atoms with Gasteiger partial charge >= 0.3 is 0 Å². The summed E-state index contributed by atoms with van der Waals surface area (Å²) in [5.41, 5.74) is 1.59. The third-order valence-electron chi connectivity index (χ3n) is 4.62. The van der Waals surface area contributed by atoms with E-state index in [0.717, 1.165) is 16.6 Å². The molecule has 2 atom stereocenters. The van der Waals surface area contributed by atoms with E-state index < -0.39 is 16.2 Å². The van der Waals surface area contributed by atoms with E-state index >= 15 is 0 Å². The molecule has 3 aromatic carbocycles. The molecule has 0 unspecified atom stereocenters. The molecule has 3 rings (SSSR count). The van der Waals surface area contributed by atoms with Crippen LogP contribution in [0.3, 0.4) is 0 Å². The molecule has 0 fully saturated rings. The topological polar surface area (TPSA) is 98.7 Å². The number of hydrogen-bond donors (Lipinski definition) is 4. The van der Waals surface area contributed by atoms with Gasteiger partial charge < -0.3 is 15.7 Å². The van der Waals surface area contributed by atoms with E-state index in [2.05, 4.69) is 10.6 Å². The average Bonchev–Trinajstić information content (AvgIpc) is 2.69.